The van der Waals surface area contributed by atoms with Gasteiger partial charge in [0.15, 0.2) is 0 Å². The second-order valence-electron chi connectivity index (χ2n) is 5.03. The van der Waals surface area contributed by atoms with E-state index in [1.54, 1.807) is 6.08 Å². The van der Waals surface area contributed by atoms with E-state index in [9.17, 15) is 4.79 Å². The van der Waals surface area contributed by atoms with Crippen molar-refractivity contribution in [3.05, 3.63) is 23.3 Å². The summed E-state index contributed by atoms with van der Waals surface area (Å²) in [7, 11) is 0. The molecule has 0 spiro atoms. The molecule has 2 heteroatoms. The van der Waals surface area contributed by atoms with Crippen molar-refractivity contribution in [3.63, 3.8) is 0 Å². The number of hydrogen-bond donors (Lipinski definition) is 1. The van der Waals surface area contributed by atoms with Crippen LogP contribution in [-0.4, -0.2) is 11.1 Å². The summed E-state index contributed by atoms with van der Waals surface area (Å²) in [5.41, 5.74) is 2.62. The fourth-order valence-electron chi connectivity index (χ4n) is 2.26. The van der Waals surface area contributed by atoms with Crippen molar-refractivity contribution < 1.29 is 9.90 Å². The van der Waals surface area contributed by atoms with Gasteiger partial charge in [-0.3, -0.25) is 0 Å². The molecule has 0 aromatic heterocycles. The molecular weight excluding hydrogens is 188 g/mol. The van der Waals surface area contributed by atoms with Gasteiger partial charge in [-0.25, -0.2) is 4.79 Å². The van der Waals surface area contributed by atoms with E-state index in [0.717, 1.165) is 6.42 Å². The Labute approximate surface area is 91.7 Å². The summed E-state index contributed by atoms with van der Waals surface area (Å²) in [5, 5.41) is 8.66. The SMILES string of the molecule is CC1=C(/C=C/C(=O)O)C(C)(C)C(C)CC1. The molecular formula is C13H20O2. The first-order chi connectivity index (χ1) is 6.85. The molecule has 0 aromatic carbocycles. The van der Waals surface area contributed by atoms with Gasteiger partial charge in [-0.1, -0.05) is 32.4 Å². The molecule has 0 aromatic rings. The number of carboxylic acids is 1. The van der Waals surface area contributed by atoms with Gasteiger partial charge in [-0.2, -0.15) is 0 Å². The van der Waals surface area contributed by atoms with Crippen LogP contribution in [0, 0.1) is 11.3 Å². The third-order valence-electron chi connectivity index (χ3n) is 3.73. The second-order valence-corrected chi connectivity index (χ2v) is 5.03. The van der Waals surface area contributed by atoms with Gasteiger partial charge in [0.2, 0.25) is 0 Å². The van der Waals surface area contributed by atoms with Gasteiger partial charge < -0.3 is 5.11 Å². The van der Waals surface area contributed by atoms with Gasteiger partial charge in [0.25, 0.3) is 0 Å². The summed E-state index contributed by atoms with van der Waals surface area (Å²) in [6.07, 6.45) is 5.30. The van der Waals surface area contributed by atoms with Gasteiger partial charge in [0, 0.05) is 6.08 Å². The minimum absolute atomic E-state index is 0.0916. The monoisotopic (exact) mass is 208 g/mol. The van der Waals surface area contributed by atoms with Crippen molar-refractivity contribution in [1.29, 1.82) is 0 Å². The summed E-state index contributed by atoms with van der Waals surface area (Å²) in [6.45, 7) is 8.74. The van der Waals surface area contributed by atoms with E-state index >= 15 is 0 Å². The highest BCUT2D eigenvalue weighted by Gasteiger charge is 2.33. The number of rotatable bonds is 2. The number of allylic oxidation sites excluding steroid dienone is 3. The quantitative estimate of drug-likeness (QED) is 0.706. The third-order valence-corrected chi connectivity index (χ3v) is 3.73. The molecule has 0 saturated heterocycles. The van der Waals surface area contributed by atoms with Crippen molar-refractivity contribution >= 4 is 5.97 Å². The lowest BCUT2D eigenvalue weighted by Gasteiger charge is -2.39. The maximum Gasteiger partial charge on any atom is 0.328 e. The van der Waals surface area contributed by atoms with E-state index in [2.05, 4.69) is 27.7 Å². The minimum Gasteiger partial charge on any atom is -0.478 e. The van der Waals surface area contributed by atoms with Crippen molar-refractivity contribution in [2.24, 2.45) is 11.3 Å². The van der Waals surface area contributed by atoms with Crippen LogP contribution in [0.1, 0.15) is 40.5 Å². The molecule has 0 heterocycles. The van der Waals surface area contributed by atoms with Crippen LogP contribution in [0.2, 0.25) is 0 Å². The minimum atomic E-state index is -0.871. The molecule has 0 bridgehead atoms. The molecule has 0 saturated carbocycles. The van der Waals surface area contributed by atoms with Crippen molar-refractivity contribution in [3.8, 4) is 0 Å². The topological polar surface area (TPSA) is 37.3 Å². The Morgan fingerprint density at radius 1 is 1.53 bits per heavy atom. The highest BCUT2D eigenvalue weighted by molar-refractivity contribution is 5.80. The zero-order chi connectivity index (χ0) is 11.6. The van der Waals surface area contributed by atoms with Crippen LogP contribution in [0.25, 0.3) is 0 Å². The molecule has 2 nitrogen and oxygen atoms in total. The fourth-order valence-corrected chi connectivity index (χ4v) is 2.26. The first kappa shape index (κ1) is 12.0. The molecule has 1 rings (SSSR count). The fraction of sp³-hybridized carbons (Fsp3) is 0.615. The highest BCUT2D eigenvalue weighted by Crippen LogP contribution is 2.44. The first-order valence-corrected chi connectivity index (χ1v) is 5.47. The Kier molecular flexibility index (Phi) is 3.38. The Morgan fingerprint density at radius 2 is 2.13 bits per heavy atom. The van der Waals surface area contributed by atoms with E-state index in [4.69, 9.17) is 5.11 Å². The average Bonchev–Trinajstić information content (AvgIpc) is 2.11. The van der Waals surface area contributed by atoms with E-state index in [0.29, 0.717) is 5.92 Å². The molecule has 84 valence electrons. The molecule has 1 atom stereocenters. The molecule has 1 aliphatic rings. The summed E-state index contributed by atoms with van der Waals surface area (Å²) in [6, 6.07) is 0. The number of hydrogen-bond acceptors (Lipinski definition) is 1. The van der Waals surface area contributed by atoms with Crippen LogP contribution >= 0.6 is 0 Å². The Hall–Kier alpha value is -1.05. The lowest BCUT2D eigenvalue weighted by molar-refractivity contribution is -0.131. The predicted octanol–water partition coefficient (Wildman–Crippen LogP) is 3.40. The molecule has 1 N–H and O–H groups in total. The van der Waals surface area contributed by atoms with E-state index < -0.39 is 5.97 Å². The lowest BCUT2D eigenvalue weighted by atomic mass is 9.66. The number of carboxylic acid groups (broad SMARTS) is 1. The first-order valence-electron chi connectivity index (χ1n) is 5.47. The van der Waals surface area contributed by atoms with Gasteiger partial charge in [0.1, 0.15) is 0 Å². The van der Waals surface area contributed by atoms with Gasteiger partial charge in [-0.15, -0.1) is 0 Å². The molecule has 0 fully saturated rings. The number of carbonyl (C=O) groups is 1. The van der Waals surface area contributed by atoms with Crippen LogP contribution in [-0.2, 0) is 4.79 Å². The van der Waals surface area contributed by atoms with Gasteiger partial charge in [0.05, 0.1) is 0 Å². The average molecular weight is 208 g/mol. The zero-order valence-electron chi connectivity index (χ0n) is 10.0. The Balaban J connectivity index is 3.05. The summed E-state index contributed by atoms with van der Waals surface area (Å²) in [4.78, 5) is 10.5. The number of aliphatic carboxylic acids is 1. The van der Waals surface area contributed by atoms with E-state index in [-0.39, 0.29) is 5.41 Å². The van der Waals surface area contributed by atoms with Crippen molar-refractivity contribution in [2.75, 3.05) is 0 Å². The predicted molar refractivity (Wildman–Crippen MR) is 61.7 cm³/mol. The van der Waals surface area contributed by atoms with Crippen LogP contribution in [0.3, 0.4) is 0 Å². The zero-order valence-corrected chi connectivity index (χ0v) is 10.0. The third kappa shape index (κ3) is 2.49. The smallest absolute Gasteiger partial charge is 0.328 e. The van der Waals surface area contributed by atoms with E-state index in [1.807, 2.05) is 0 Å². The standard InChI is InChI=1S/C13H20O2/c1-9-5-6-10(2)13(3,4)11(9)7-8-12(14)15/h7-8,10H,5-6H2,1-4H3,(H,14,15)/b8-7+. The Morgan fingerprint density at radius 3 is 2.67 bits per heavy atom. The molecule has 0 radical (unpaired) electrons. The molecule has 1 unspecified atom stereocenters. The van der Waals surface area contributed by atoms with E-state index in [1.165, 1.54) is 23.6 Å². The van der Waals surface area contributed by atoms with Crippen molar-refractivity contribution in [1.82, 2.24) is 0 Å². The van der Waals surface area contributed by atoms with Crippen LogP contribution < -0.4 is 0 Å². The molecule has 0 amide bonds. The van der Waals surface area contributed by atoms with Gasteiger partial charge in [-0.05, 0) is 36.7 Å². The highest BCUT2D eigenvalue weighted by atomic mass is 16.4. The molecule has 15 heavy (non-hydrogen) atoms. The van der Waals surface area contributed by atoms with Crippen LogP contribution in [0.15, 0.2) is 23.3 Å². The normalized spacial score (nSPS) is 26.0. The van der Waals surface area contributed by atoms with Crippen LogP contribution in [0.4, 0.5) is 0 Å². The second kappa shape index (κ2) is 4.21. The summed E-state index contributed by atoms with van der Waals surface area (Å²) >= 11 is 0. The lowest BCUT2D eigenvalue weighted by Crippen LogP contribution is -2.28. The summed E-state index contributed by atoms with van der Waals surface area (Å²) < 4.78 is 0. The Bertz CT molecular complexity index is 321. The summed E-state index contributed by atoms with van der Waals surface area (Å²) in [5.74, 6) is -0.265. The molecule has 1 aliphatic carbocycles. The largest absolute Gasteiger partial charge is 0.478 e. The van der Waals surface area contributed by atoms with Gasteiger partial charge >= 0.3 is 5.97 Å². The van der Waals surface area contributed by atoms with Crippen LogP contribution in [0.5, 0.6) is 0 Å². The molecule has 0 aliphatic heterocycles. The maximum atomic E-state index is 10.5. The maximum absolute atomic E-state index is 10.5. The van der Waals surface area contributed by atoms with Crippen molar-refractivity contribution in [2.45, 2.75) is 40.5 Å².